The van der Waals surface area contributed by atoms with Gasteiger partial charge in [-0.15, -0.1) is 0 Å². The Labute approximate surface area is 186 Å². The zero-order valence-corrected chi connectivity index (χ0v) is 18.6. The molecule has 174 valence electrons. The van der Waals surface area contributed by atoms with Crippen LogP contribution in [0.5, 0.6) is 0 Å². The van der Waals surface area contributed by atoms with Gasteiger partial charge in [0.2, 0.25) is 11.8 Å². The molecule has 1 saturated heterocycles. The summed E-state index contributed by atoms with van der Waals surface area (Å²) in [4.78, 5) is 50.1. The Balaban J connectivity index is 1.76. The average molecular weight is 447 g/mol. The van der Waals surface area contributed by atoms with Crippen molar-refractivity contribution >= 4 is 23.6 Å². The summed E-state index contributed by atoms with van der Waals surface area (Å²) in [5.41, 5.74) is -0.506. The highest BCUT2D eigenvalue weighted by Gasteiger charge is 2.46. The molecule has 0 aromatic heterocycles. The normalized spacial score (nSPS) is 20.2. The van der Waals surface area contributed by atoms with E-state index in [1.54, 1.807) is 26.8 Å². The molecular weight excluding hydrogens is 416 g/mol. The lowest BCUT2D eigenvalue weighted by molar-refractivity contribution is -0.384. The minimum absolute atomic E-state index is 0.0181. The highest BCUT2D eigenvalue weighted by molar-refractivity contribution is 5.96. The maximum atomic E-state index is 13.2. The van der Waals surface area contributed by atoms with Crippen LogP contribution >= 0.6 is 0 Å². The van der Waals surface area contributed by atoms with Crippen molar-refractivity contribution in [3.05, 3.63) is 39.9 Å². The van der Waals surface area contributed by atoms with Gasteiger partial charge in [0.15, 0.2) is 0 Å². The predicted molar refractivity (Wildman–Crippen MR) is 116 cm³/mol. The number of nitrogens with zero attached hydrogens (tertiary/aromatic N) is 2. The Morgan fingerprint density at radius 1 is 1.19 bits per heavy atom. The van der Waals surface area contributed by atoms with E-state index in [4.69, 9.17) is 4.74 Å². The van der Waals surface area contributed by atoms with Crippen LogP contribution in [0, 0.1) is 10.1 Å². The van der Waals surface area contributed by atoms with Gasteiger partial charge in [0, 0.05) is 18.2 Å². The quantitative estimate of drug-likeness (QED) is 0.392. The number of amides is 3. The lowest BCUT2D eigenvalue weighted by atomic mass is 9.93. The van der Waals surface area contributed by atoms with Gasteiger partial charge in [0.1, 0.15) is 17.7 Å². The number of hydrogen-bond acceptors (Lipinski definition) is 6. The number of non-ortho nitro benzene ring substituents is 1. The number of likely N-dealkylation sites (tertiary alicyclic amines) is 1. The van der Waals surface area contributed by atoms with Gasteiger partial charge in [0.05, 0.1) is 11.5 Å². The first-order valence-corrected chi connectivity index (χ1v) is 10.9. The number of β-lactam (4-membered cyclic amide) rings is 1. The molecule has 0 spiro atoms. The van der Waals surface area contributed by atoms with Crippen molar-refractivity contribution in [2.75, 3.05) is 6.54 Å². The van der Waals surface area contributed by atoms with E-state index < -0.39 is 34.6 Å². The SMILES string of the molecule is CC(C)(C)OC(=O)NC1CN(C(C(=O)NC2CCCCC2)c2cccc([N+](=O)[O-])c2)C1=O. The minimum atomic E-state index is -1.01. The van der Waals surface area contributed by atoms with Crippen LogP contribution in [0.4, 0.5) is 10.5 Å². The van der Waals surface area contributed by atoms with Gasteiger partial charge in [0.25, 0.3) is 5.69 Å². The third kappa shape index (κ3) is 5.74. The fourth-order valence-electron chi connectivity index (χ4n) is 4.05. The molecule has 10 heteroatoms. The summed E-state index contributed by atoms with van der Waals surface area (Å²) < 4.78 is 5.19. The number of nitrogens with one attached hydrogen (secondary N) is 2. The number of nitro groups is 1. The topological polar surface area (TPSA) is 131 Å². The van der Waals surface area contributed by atoms with Gasteiger partial charge < -0.3 is 20.3 Å². The Kier molecular flexibility index (Phi) is 7.00. The molecule has 3 amide bonds. The van der Waals surface area contributed by atoms with Gasteiger partial charge >= 0.3 is 6.09 Å². The van der Waals surface area contributed by atoms with Gasteiger partial charge in [-0.05, 0) is 39.2 Å². The van der Waals surface area contributed by atoms with Gasteiger partial charge in [-0.3, -0.25) is 19.7 Å². The molecule has 2 atom stereocenters. The van der Waals surface area contributed by atoms with Crippen LogP contribution in [-0.4, -0.2) is 52.0 Å². The summed E-state index contributed by atoms with van der Waals surface area (Å²) in [5.74, 6) is -0.812. The third-order valence-electron chi connectivity index (χ3n) is 5.56. The lowest BCUT2D eigenvalue weighted by Crippen LogP contribution is -2.66. The van der Waals surface area contributed by atoms with Crippen LogP contribution in [0.3, 0.4) is 0 Å². The van der Waals surface area contributed by atoms with E-state index in [9.17, 15) is 24.5 Å². The lowest BCUT2D eigenvalue weighted by Gasteiger charge is -2.43. The van der Waals surface area contributed by atoms with Gasteiger partial charge in [-0.2, -0.15) is 0 Å². The second kappa shape index (κ2) is 9.54. The number of carbonyl (C=O) groups is 3. The van der Waals surface area contributed by atoms with E-state index in [0.29, 0.717) is 5.56 Å². The molecule has 2 aliphatic rings. The number of ether oxygens (including phenoxy) is 1. The third-order valence-corrected chi connectivity index (χ3v) is 5.56. The summed E-state index contributed by atoms with van der Waals surface area (Å²) in [6, 6.07) is 3.94. The first-order valence-electron chi connectivity index (χ1n) is 10.9. The monoisotopic (exact) mass is 446 g/mol. The molecule has 2 fully saturated rings. The molecule has 1 saturated carbocycles. The van der Waals surface area contributed by atoms with Crippen LogP contribution in [0.2, 0.25) is 0 Å². The van der Waals surface area contributed by atoms with E-state index in [0.717, 1.165) is 32.1 Å². The molecule has 2 unspecified atom stereocenters. The first-order chi connectivity index (χ1) is 15.0. The Bertz CT molecular complexity index is 891. The number of carbonyl (C=O) groups excluding carboxylic acids is 3. The molecule has 1 aromatic rings. The van der Waals surface area contributed by atoms with Gasteiger partial charge in [-0.25, -0.2) is 4.79 Å². The molecule has 0 bridgehead atoms. The van der Waals surface area contributed by atoms with Crippen LogP contribution in [0.1, 0.15) is 64.5 Å². The molecule has 3 rings (SSSR count). The molecule has 1 heterocycles. The summed E-state index contributed by atoms with van der Waals surface area (Å²) >= 11 is 0. The first kappa shape index (κ1) is 23.5. The molecule has 1 aliphatic heterocycles. The zero-order valence-electron chi connectivity index (χ0n) is 18.6. The predicted octanol–water partition coefficient (Wildman–Crippen LogP) is 2.82. The summed E-state index contributed by atoms with van der Waals surface area (Å²) in [6.07, 6.45) is 4.19. The molecule has 1 aliphatic carbocycles. The van der Waals surface area contributed by atoms with Crippen molar-refractivity contribution in [3.8, 4) is 0 Å². The molecule has 0 radical (unpaired) electrons. The Morgan fingerprint density at radius 2 is 1.88 bits per heavy atom. The number of rotatable bonds is 6. The second-order valence-electron chi connectivity index (χ2n) is 9.29. The molecule has 2 N–H and O–H groups in total. The summed E-state index contributed by atoms with van der Waals surface area (Å²) in [7, 11) is 0. The zero-order chi connectivity index (χ0) is 23.5. The highest BCUT2D eigenvalue weighted by Crippen LogP contribution is 2.30. The number of benzene rings is 1. The number of alkyl carbamates (subject to hydrolysis) is 1. The second-order valence-corrected chi connectivity index (χ2v) is 9.29. The van der Waals surface area contributed by atoms with Gasteiger partial charge in [-0.1, -0.05) is 31.4 Å². The Hall–Kier alpha value is -3.17. The molecule has 1 aromatic carbocycles. The number of nitro benzene ring substituents is 1. The number of hydrogen-bond donors (Lipinski definition) is 2. The minimum Gasteiger partial charge on any atom is -0.444 e. The maximum absolute atomic E-state index is 13.2. The fraction of sp³-hybridized carbons (Fsp3) is 0.591. The summed E-state index contributed by atoms with van der Waals surface area (Å²) in [5, 5.41) is 16.8. The standard InChI is InChI=1S/C22H30N4O6/c1-22(2,3)32-21(29)24-17-13-25(20(17)28)18(14-8-7-11-16(12-14)26(30)31)19(27)23-15-9-5-4-6-10-15/h7-8,11-12,15,17-18H,4-6,9-10,13H2,1-3H3,(H,23,27)(H,24,29). The van der Waals surface area contributed by atoms with Crippen molar-refractivity contribution in [2.45, 2.75) is 76.6 Å². The van der Waals surface area contributed by atoms with Crippen LogP contribution in [0.25, 0.3) is 0 Å². The van der Waals surface area contributed by atoms with Crippen LogP contribution in [-0.2, 0) is 14.3 Å². The highest BCUT2D eigenvalue weighted by atomic mass is 16.6. The Morgan fingerprint density at radius 3 is 2.47 bits per heavy atom. The molecule has 10 nitrogen and oxygen atoms in total. The molecule has 32 heavy (non-hydrogen) atoms. The van der Waals surface area contributed by atoms with Crippen LogP contribution in [0.15, 0.2) is 24.3 Å². The van der Waals surface area contributed by atoms with E-state index in [-0.39, 0.29) is 24.2 Å². The van der Waals surface area contributed by atoms with E-state index in [1.807, 2.05) is 0 Å². The van der Waals surface area contributed by atoms with E-state index in [2.05, 4.69) is 10.6 Å². The van der Waals surface area contributed by atoms with Crippen molar-refractivity contribution in [2.24, 2.45) is 0 Å². The van der Waals surface area contributed by atoms with Crippen molar-refractivity contribution in [1.29, 1.82) is 0 Å². The smallest absolute Gasteiger partial charge is 0.408 e. The van der Waals surface area contributed by atoms with Crippen LogP contribution < -0.4 is 10.6 Å². The maximum Gasteiger partial charge on any atom is 0.408 e. The molecular formula is C22H30N4O6. The van der Waals surface area contributed by atoms with E-state index >= 15 is 0 Å². The fourth-order valence-corrected chi connectivity index (χ4v) is 4.05. The largest absolute Gasteiger partial charge is 0.444 e. The van der Waals surface area contributed by atoms with Crippen molar-refractivity contribution < 1.29 is 24.0 Å². The van der Waals surface area contributed by atoms with Crippen molar-refractivity contribution in [1.82, 2.24) is 15.5 Å². The van der Waals surface area contributed by atoms with E-state index in [1.165, 1.54) is 23.1 Å². The average Bonchev–Trinajstić information content (AvgIpc) is 2.72. The van der Waals surface area contributed by atoms with Crippen molar-refractivity contribution in [3.63, 3.8) is 0 Å². The summed E-state index contributed by atoms with van der Waals surface area (Å²) in [6.45, 7) is 5.25.